The van der Waals surface area contributed by atoms with Crippen LogP contribution >= 0.6 is 0 Å². The molecule has 0 aliphatic carbocycles. The van der Waals surface area contributed by atoms with Gasteiger partial charge in [-0.1, -0.05) is 24.3 Å². The summed E-state index contributed by atoms with van der Waals surface area (Å²) < 4.78 is 0. The Hall–Kier alpha value is -2.65. The van der Waals surface area contributed by atoms with Gasteiger partial charge in [0.15, 0.2) is 0 Å². The van der Waals surface area contributed by atoms with E-state index in [2.05, 4.69) is 33.4 Å². The molecule has 0 radical (unpaired) electrons. The van der Waals surface area contributed by atoms with Crippen LogP contribution in [-0.2, 0) is 4.79 Å². The van der Waals surface area contributed by atoms with Crippen LogP contribution < -0.4 is 5.32 Å². The number of nitrogens with one attached hydrogen (secondary N) is 1. The third kappa shape index (κ3) is 3.35. The molecule has 6 heteroatoms. The van der Waals surface area contributed by atoms with Crippen molar-refractivity contribution in [1.82, 2.24) is 14.8 Å². The van der Waals surface area contributed by atoms with Crippen LogP contribution in [0.4, 0.5) is 5.69 Å². The highest BCUT2D eigenvalue weighted by molar-refractivity contribution is 5.92. The zero-order valence-corrected chi connectivity index (χ0v) is 14.8. The SMILES string of the molecule is N#C[C@@H]1CCCN1C(=O)CN1CC[C@H](Nc2cncc3ccccc23)C1. The molecule has 0 spiro atoms. The van der Waals surface area contributed by atoms with Crippen molar-refractivity contribution in [2.24, 2.45) is 0 Å². The average molecular weight is 349 g/mol. The second-order valence-corrected chi connectivity index (χ2v) is 7.15. The summed E-state index contributed by atoms with van der Waals surface area (Å²) in [5.74, 6) is 0.0847. The number of carbonyl (C=O) groups excluding carboxylic acids is 1. The lowest BCUT2D eigenvalue weighted by Crippen LogP contribution is -2.42. The van der Waals surface area contributed by atoms with E-state index in [1.807, 2.05) is 24.5 Å². The van der Waals surface area contributed by atoms with Crippen molar-refractivity contribution < 1.29 is 4.79 Å². The van der Waals surface area contributed by atoms with Crippen molar-refractivity contribution in [3.63, 3.8) is 0 Å². The van der Waals surface area contributed by atoms with Gasteiger partial charge in [-0.25, -0.2) is 0 Å². The second-order valence-electron chi connectivity index (χ2n) is 7.15. The first-order valence-electron chi connectivity index (χ1n) is 9.25. The number of fused-ring (bicyclic) bond motifs is 1. The third-order valence-electron chi connectivity index (χ3n) is 5.38. The molecule has 0 saturated carbocycles. The first-order chi connectivity index (χ1) is 12.7. The van der Waals surface area contributed by atoms with Gasteiger partial charge < -0.3 is 10.2 Å². The number of benzene rings is 1. The van der Waals surface area contributed by atoms with E-state index in [1.165, 1.54) is 5.39 Å². The largest absolute Gasteiger partial charge is 0.379 e. The molecule has 1 N–H and O–H groups in total. The normalized spacial score (nSPS) is 23.3. The summed E-state index contributed by atoms with van der Waals surface area (Å²) >= 11 is 0. The van der Waals surface area contributed by atoms with Gasteiger partial charge in [-0.3, -0.25) is 14.7 Å². The molecular weight excluding hydrogens is 326 g/mol. The lowest BCUT2D eigenvalue weighted by molar-refractivity contribution is -0.132. The van der Waals surface area contributed by atoms with Gasteiger partial charge in [0.1, 0.15) is 6.04 Å². The van der Waals surface area contributed by atoms with Crippen molar-refractivity contribution in [3.05, 3.63) is 36.7 Å². The average Bonchev–Trinajstić information content (AvgIpc) is 3.31. The van der Waals surface area contributed by atoms with E-state index >= 15 is 0 Å². The molecule has 6 nitrogen and oxygen atoms in total. The van der Waals surface area contributed by atoms with Crippen molar-refractivity contribution >= 4 is 22.4 Å². The molecule has 26 heavy (non-hydrogen) atoms. The van der Waals surface area contributed by atoms with Crippen LogP contribution in [0.25, 0.3) is 10.8 Å². The van der Waals surface area contributed by atoms with Gasteiger partial charge in [0.05, 0.1) is 24.5 Å². The molecule has 2 aliphatic rings. The number of anilines is 1. The molecule has 2 fully saturated rings. The van der Waals surface area contributed by atoms with E-state index in [0.717, 1.165) is 43.4 Å². The van der Waals surface area contributed by atoms with Gasteiger partial charge >= 0.3 is 0 Å². The molecule has 134 valence electrons. The predicted octanol–water partition coefficient (Wildman–Crippen LogP) is 2.24. The number of hydrogen-bond acceptors (Lipinski definition) is 5. The Kier molecular flexibility index (Phi) is 4.72. The number of rotatable bonds is 4. The number of pyridine rings is 1. The molecule has 2 aliphatic heterocycles. The number of likely N-dealkylation sites (tertiary alicyclic amines) is 2. The molecule has 3 heterocycles. The number of carbonyl (C=O) groups is 1. The Morgan fingerprint density at radius 1 is 1.27 bits per heavy atom. The van der Waals surface area contributed by atoms with Crippen LogP contribution in [-0.4, -0.2) is 59.0 Å². The topological polar surface area (TPSA) is 72.3 Å². The summed E-state index contributed by atoms with van der Waals surface area (Å²) in [6, 6.07) is 10.5. The van der Waals surface area contributed by atoms with Gasteiger partial charge in [0.25, 0.3) is 0 Å². The molecule has 2 aromatic rings. The summed E-state index contributed by atoms with van der Waals surface area (Å²) in [4.78, 5) is 20.8. The van der Waals surface area contributed by atoms with Crippen LogP contribution in [0.2, 0.25) is 0 Å². The van der Waals surface area contributed by atoms with E-state index in [1.54, 1.807) is 4.90 Å². The minimum absolute atomic E-state index is 0.0847. The molecule has 1 amide bonds. The molecule has 1 aromatic carbocycles. The standard InChI is InChI=1S/C20H23N5O/c21-10-17-5-3-8-25(17)20(26)14-24-9-7-16(13-24)23-19-12-22-11-15-4-1-2-6-18(15)19/h1-2,4,6,11-12,16-17,23H,3,5,7-9,13-14H2/t16-,17-/m0/s1. The summed E-state index contributed by atoms with van der Waals surface area (Å²) in [6.45, 7) is 2.85. The molecule has 0 unspecified atom stereocenters. The fraction of sp³-hybridized carbons (Fsp3) is 0.450. The highest BCUT2D eigenvalue weighted by Crippen LogP contribution is 2.24. The number of hydrogen-bond donors (Lipinski definition) is 1. The Morgan fingerprint density at radius 2 is 2.15 bits per heavy atom. The maximum absolute atomic E-state index is 12.5. The molecule has 1 aromatic heterocycles. The molecule has 2 atom stereocenters. The van der Waals surface area contributed by atoms with Gasteiger partial charge in [-0.05, 0) is 19.3 Å². The van der Waals surface area contributed by atoms with E-state index in [4.69, 9.17) is 5.26 Å². The second kappa shape index (κ2) is 7.30. The van der Waals surface area contributed by atoms with Crippen LogP contribution in [0, 0.1) is 11.3 Å². The molecule has 4 rings (SSSR count). The molecule has 0 bridgehead atoms. The first-order valence-corrected chi connectivity index (χ1v) is 9.25. The summed E-state index contributed by atoms with van der Waals surface area (Å²) in [5.41, 5.74) is 1.05. The minimum atomic E-state index is -0.235. The summed E-state index contributed by atoms with van der Waals surface area (Å²) in [7, 11) is 0. The van der Waals surface area contributed by atoms with Gasteiger partial charge in [-0.15, -0.1) is 0 Å². The maximum Gasteiger partial charge on any atom is 0.237 e. The molecular formula is C20H23N5O. The van der Waals surface area contributed by atoms with Gasteiger partial charge in [-0.2, -0.15) is 5.26 Å². The maximum atomic E-state index is 12.5. The van der Waals surface area contributed by atoms with E-state index in [0.29, 0.717) is 19.1 Å². The Morgan fingerprint density at radius 3 is 3.04 bits per heavy atom. The van der Waals surface area contributed by atoms with Crippen molar-refractivity contribution in [2.75, 3.05) is 31.5 Å². The van der Waals surface area contributed by atoms with Crippen LogP contribution in [0.1, 0.15) is 19.3 Å². The Bertz CT molecular complexity index is 840. The third-order valence-corrected chi connectivity index (χ3v) is 5.38. The van der Waals surface area contributed by atoms with Gasteiger partial charge in [0.2, 0.25) is 5.91 Å². The lowest BCUT2D eigenvalue weighted by atomic mass is 10.1. The fourth-order valence-corrected chi connectivity index (χ4v) is 4.03. The van der Waals surface area contributed by atoms with Crippen LogP contribution in [0.5, 0.6) is 0 Å². The fourth-order valence-electron chi connectivity index (χ4n) is 4.03. The number of nitriles is 1. The number of nitrogens with zero attached hydrogens (tertiary/aromatic N) is 4. The zero-order valence-electron chi connectivity index (χ0n) is 14.8. The minimum Gasteiger partial charge on any atom is -0.379 e. The van der Waals surface area contributed by atoms with Crippen molar-refractivity contribution in [2.45, 2.75) is 31.3 Å². The number of amides is 1. The smallest absolute Gasteiger partial charge is 0.237 e. The van der Waals surface area contributed by atoms with E-state index in [-0.39, 0.29) is 11.9 Å². The predicted molar refractivity (Wildman–Crippen MR) is 101 cm³/mol. The first kappa shape index (κ1) is 16.8. The molecule has 2 saturated heterocycles. The Labute approximate surface area is 153 Å². The zero-order chi connectivity index (χ0) is 17.9. The van der Waals surface area contributed by atoms with Crippen LogP contribution in [0.15, 0.2) is 36.7 Å². The van der Waals surface area contributed by atoms with Crippen molar-refractivity contribution in [1.29, 1.82) is 5.26 Å². The Balaban J connectivity index is 1.37. The van der Waals surface area contributed by atoms with E-state index < -0.39 is 0 Å². The lowest BCUT2D eigenvalue weighted by Gasteiger charge is -2.23. The summed E-state index contributed by atoms with van der Waals surface area (Å²) in [6.07, 6.45) is 6.49. The quantitative estimate of drug-likeness (QED) is 0.916. The highest BCUT2D eigenvalue weighted by atomic mass is 16.2. The van der Waals surface area contributed by atoms with Crippen LogP contribution in [0.3, 0.4) is 0 Å². The summed E-state index contributed by atoms with van der Waals surface area (Å²) in [5, 5.41) is 15.1. The van der Waals surface area contributed by atoms with Gasteiger partial charge in [0, 0.05) is 42.6 Å². The van der Waals surface area contributed by atoms with E-state index in [9.17, 15) is 4.79 Å². The monoisotopic (exact) mass is 349 g/mol. The number of aromatic nitrogens is 1. The van der Waals surface area contributed by atoms with Crippen molar-refractivity contribution in [3.8, 4) is 6.07 Å². The highest BCUT2D eigenvalue weighted by Gasteiger charge is 2.31.